The highest BCUT2D eigenvalue weighted by molar-refractivity contribution is 7.91. The Bertz CT molecular complexity index is 450. The maximum Gasteiger partial charge on any atom is 0.151 e. The van der Waals surface area contributed by atoms with Gasteiger partial charge in [-0.3, -0.25) is 0 Å². The number of nitrogens with zero attached hydrogens (tertiary/aromatic N) is 1. The van der Waals surface area contributed by atoms with E-state index in [9.17, 15) is 8.42 Å². The summed E-state index contributed by atoms with van der Waals surface area (Å²) < 4.78 is 22.6. The molecule has 0 spiro atoms. The zero-order chi connectivity index (χ0) is 11.1. The lowest BCUT2D eigenvalue weighted by atomic mass is 10.1. The van der Waals surface area contributed by atoms with Crippen LogP contribution in [0.1, 0.15) is 36.0 Å². The Morgan fingerprint density at radius 3 is 2.87 bits per heavy atom. The summed E-state index contributed by atoms with van der Waals surface area (Å²) in [4.78, 5) is 4.39. The molecule has 1 aliphatic rings. The van der Waals surface area contributed by atoms with Crippen molar-refractivity contribution in [2.75, 3.05) is 11.5 Å². The first-order chi connectivity index (χ1) is 6.98. The fourth-order valence-electron chi connectivity index (χ4n) is 1.69. The number of nitrogens with two attached hydrogens (primary N) is 1. The summed E-state index contributed by atoms with van der Waals surface area (Å²) in [6.45, 7) is 1.88. The van der Waals surface area contributed by atoms with E-state index in [1.807, 2.05) is 12.3 Å². The van der Waals surface area contributed by atoms with Crippen LogP contribution in [-0.4, -0.2) is 24.9 Å². The summed E-state index contributed by atoms with van der Waals surface area (Å²) in [5.74, 6) is 0.636. The van der Waals surface area contributed by atoms with Gasteiger partial charge in [-0.1, -0.05) is 0 Å². The Labute approximate surface area is 93.4 Å². The average molecular weight is 246 g/mol. The van der Waals surface area contributed by atoms with Gasteiger partial charge < -0.3 is 5.73 Å². The van der Waals surface area contributed by atoms with E-state index in [1.54, 1.807) is 0 Å². The maximum atomic E-state index is 11.3. The van der Waals surface area contributed by atoms with E-state index < -0.39 is 9.84 Å². The molecule has 1 saturated heterocycles. The second-order valence-corrected chi connectivity index (χ2v) is 7.12. The summed E-state index contributed by atoms with van der Waals surface area (Å²) in [7, 11) is -2.82. The molecule has 1 aliphatic heterocycles. The lowest BCUT2D eigenvalue weighted by Gasteiger charge is -2.02. The molecule has 1 aromatic rings. The molecule has 6 heteroatoms. The van der Waals surface area contributed by atoms with Gasteiger partial charge >= 0.3 is 0 Å². The number of hydrogen-bond donors (Lipinski definition) is 1. The van der Waals surface area contributed by atoms with E-state index in [4.69, 9.17) is 5.73 Å². The second-order valence-electron chi connectivity index (χ2n) is 4.00. The van der Waals surface area contributed by atoms with Crippen molar-refractivity contribution in [2.24, 2.45) is 5.73 Å². The Balaban J connectivity index is 2.17. The first-order valence-corrected chi connectivity index (χ1v) is 7.59. The van der Waals surface area contributed by atoms with Gasteiger partial charge in [-0.05, 0) is 13.3 Å². The van der Waals surface area contributed by atoms with Crippen LogP contribution < -0.4 is 5.73 Å². The van der Waals surface area contributed by atoms with Crippen LogP contribution >= 0.6 is 11.3 Å². The topological polar surface area (TPSA) is 73.1 Å². The molecular formula is C9H14N2O2S2. The van der Waals surface area contributed by atoms with Gasteiger partial charge in [-0.15, -0.1) is 11.3 Å². The van der Waals surface area contributed by atoms with Crippen molar-refractivity contribution >= 4 is 21.2 Å². The van der Waals surface area contributed by atoms with Gasteiger partial charge in [-0.2, -0.15) is 0 Å². The van der Waals surface area contributed by atoms with Crippen molar-refractivity contribution in [1.29, 1.82) is 0 Å². The van der Waals surface area contributed by atoms with Crippen LogP contribution in [0.15, 0.2) is 5.38 Å². The molecule has 2 heterocycles. The lowest BCUT2D eigenvalue weighted by Crippen LogP contribution is -2.07. The highest BCUT2D eigenvalue weighted by Gasteiger charge is 2.31. The van der Waals surface area contributed by atoms with Gasteiger partial charge in [0.05, 0.1) is 22.2 Å². The van der Waals surface area contributed by atoms with Crippen LogP contribution in [0.5, 0.6) is 0 Å². The third-order valence-electron chi connectivity index (χ3n) is 2.59. The van der Waals surface area contributed by atoms with Crippen LogP contribution in [0.25, 0.3) is 0 Å². The standard InChI is InChI=1S/C9H14N2O2S2/c1-6(10)8-4-14-9(11-8)7-2-3-15(12,13)5-7/h4,6-7H,2-3,5,10H2,1H3. The molecule has 4 nitrogen and oxygen atoms in total. The number of thiazole rings is 1. The molecule has 0 radical (unpaired) electrons. The minimum atomic E-state index is -2.82. The van der Waals surface area contributed by atoms with Gasteiger partial charge in [-0.25, -0.2) is 13.4 Å². The van der Waals surface area contributed by atoms with Gasteiger partial charge in [0.25, 0.3) is 0 Å². The van der Waals surface area contributed by atoms with Crippen LogP contribution in [-0.2, 0) is 9.84 Å². The summed E-state index contributed by atoms with van der Waals surface area (Å²) in [5, 5.41) is 2.84. The normalized spacial score (nSPS) is 26.7. The van der Waals surface area contributed by atoms with E-state index in [0.717, 1.165) is 10.7 Å². The van der Waals surface area contributed by atoms with Gasteiger partial charge in [0.1, 0.15) is 0 Å². The molecule has 0 amide bonds. The Morgan fingerprint density at radius 2 is 2.40 bits per heavy atom. The van der Waals surface area contributed by atoms with Crippen LogP contribution in [0.4, 0.5) is 0 Å². The largest absolute Gasteiger partial charge is 0.323 e. The average Bonchev–Trinajstić information content (AvgIpc) is 2.70. The number of rotatable bonds is 2. The molecule has 1 aromatic heterocycles. The predicted molar refractivity (Wildman–Crippen MR) is 60.7 cm³/mol. The molecule has 0 aliphatic carbocycles. The van der Waals surface area contributed by atoms with Gasteiger partial charge in [0.15, 0.2) is 9.84 Å². The first-order valence-electron chi connectivity index (χ1n) is 4.89. The Kier molecular flexibility index (Phi) is 2.83. The number of sulfone groups is 1. The van der Waals surface area contributed by atoms with Crippen LogP contribution in [0.3, 0.4) is 0 Å². The quantitative estimate of drug-likeness (QED) is 0.847. The van der Waals surface area contributed by atoms with Crippen molar-refractivity contribution in [3.63, 3.8) is 0 Å². The smallest absolute Gasteiger partial charge is 0.151 e. The third-order valence-corrected chi connectivity index (χ3v) is 5.38. The summed E-state index contributed by atoms with van der Waals surface area (Å²) >= 11 is 1.52. The fourth-order valence-corrected chi connectivity index (χ4v) is 4.60. The van der Waals surface area contributed by atoms with Crippen molar-refractivity contribution in [1.82, 2.24) is 4.98 Å². The molecular weight excluding hydrogens is 232 g/mol. The summed E-state index contributed by atoms with van der Waals surface area (Å²) in [6.07, 6.45) is 0.703. The minimum absolute atomic E-state index is 0.0759. The van der Waals surface area contributed by atoms with Crippen molar-refractivity contribution in [2.45, 2.75) is 25.3 Å². The number of hydrogen-bond acceptors (Lipinski definition) is 5. The van der Waals surface area contributed by atoms with E-state index in [-0.39, 0.29) is 17.7 Å². The molecule has 15 heavy (non-hydrogen) atoms. The van der Waals surface area contributed by atoms with Gasteiger partial charge in [0, 0.05) is 17.3 Å². The third kappa shape index (κ3) is 2.38. The summed E-state index contributed by atoms with van der Waals surface area (Å²) in [5.41, 5.74) is 6.57. The highest BCUT2D eigenvalue weighted by Crippen LogP contribution is 2.31. The second kappa shape index (κ2) is 3.84. The molecule has 0 saturated carbocycles. The van der Waals surface area contributed by atoms with Crippen molar-refractivity contribution in [3.05, 3.63) is 16.1 Å². The molecule has 1 fully saturated rings. The van der Waals surface area contributed by atoms with Crippen LogP contribution in [0, 0.1) is 0 Å². The zero-order valence-corrected chi connectivity index (χ0v) is 10.1. The van der Waals surface area contributed by atoms with E-state index in [0.29, 0.717) is 12.2 Å². The molecule has 2 rings (SSSR count). The van der Waals surface area contributed by atoms with E-state index >= 15 is 0 Å². The molecule has 0 aromatic carbocycles. The van der Waals surface area contributed by atoms with Crippen molar-refractivity contribution in [3.8, 4) is 0 Å². The first kappa shape index (κ1) is 11.0. The maximum absolute atomic E-state index is 11.3. The van der Waals surface area contributed by atoms with Crippen molar-refractivity contribution < 1.29 is 8.42 Å². The van der Waals surface area contributed by atoms with Crippen LogP contribution in [0.2, 0.25) is 0 Å². The Morgan fingerprint density at radius 1 is 1.67 bits per heavy atom. The molecule has 2 unspecified atom stereocenters. The minimum Gasteiger partial charge on any atom is -0.323 e. The highest BCUT2D eigenvalue weighted by atomic mass is 32.2. The Hall–Kier alpha value is -0.460. The molecule has 84 valence electrons. The molecule has 2 atom stereocenters. The fraction of sp³-hybridized carbons (Fsp3) is 0.667. The number of aromatic nitrogens is 1. The lowest BCUT2D eigenvalue weighted by molar-refractivity contribution is 0.601. The molecule has 0 bridgehead atoms. The zero-order valence-electron chi connectivity index (χ0n) is 8.51. The SMILES string of the molecule is CC(N)c1csc(C2CCS(=O)(=O)C2)n1. The van der Waals surface area contributed by atoms with E-state index in [2.05, 4.69) is 4.98 Å². The molecule has 2 N–H and O–H groups in total. The predicted octanol–water partition coefficient (Wildman–Crippen LogP) is 1.06. The van der Waals surface area contributed by atoms with E-state index in [1.165, 1.54) is 11.3 Å². The monoisotopic (exact) mass is 246 g/mol. The van der Waals surface area contributed by atoms with Gasteiger partial charge in [0.2, 0.25) is 0 Å². The summed E-state index contributed by atoms with van der Waals surface area (Å²) in [6, 6.07) is -0.0759.